The molecule has 2 aromatic carbocycles. The minimum atomic E-state index is -3.89. The van der Waals surface area contributed by atoms with Crippen molar-refractivity contribution in [2.75, 3.05) is 11.1 Å². The third-order valence-electron chi connectivity index (χ3n) is 4.25. The molecule has 11 heteroatoms. The van der Waals surface area contributed by atoms with E-state index in [4.69, 9.17) is 11.6 Å². The molecule has 8 nitrogen and oxygen atoms in total. The van der Waals surface area contributed by atoms with Gasteiger partial charge in [0.1, 0.15) is 0 Å². The van der Waals surface area contributed by atoms with Crippen LogP contribution in [0.2, 0.25) is 5.02 Å². The van der Waals surface area contributed by atoms with Crippen molar-refractivity contribution in [3.05, 3.63) is 59.1 Å². The maximum absolute atomic E-state index is 12.4. The second-order valence-electron chi connectivity index (χ2n) is 6.52. The second kappa shape index (κ2) is 9.17. The zero-order valence-electron chi connectivity index (χ0n) is 15.8. The van der Waals surface area contributed by atoms with E-state index in [2.05, 4.69) is 10.0 Å². The molecule has 0 unspecified atom stereocenters. The molecule has 0 aliphatic carbocycles. The van der Waals surface area contributed by atoms with Crippen molar-refractivity contribution in [2.24, 2.45) is 0 Å². The van der Waals surface area contributed by atoms with Crippen LogP contribution < -0.4 is 10.0 Å². The number of benzene rings is 2. The van der Waals surface area contributed by atoms with Gasteiger partial charge in [-0.3, -0.25) is 19.3 Å². The summed E-state index contributed by atoms with van der Waals surface area (Å²) in [6.45, 7) is 1.59. The number of amides is 3. The molecule has 0 saturated carbocycles. The second-order valence-corrected chi connectivity index (χ2v) is 9.59. The molecule has 2 aromatic rings. The number of hydrogen-bond acceptors (Lipinski definition) is 6. The van der Waals surface area contributed by atoms with E-state index in [1.54, 1.807) is 24.3 Å². The molecule has 1 aliphatic heterocycles. The lowest BCUT2D eigenvalue weighted by molar-refractivity contribution is -0.125. The van der Waals surface area contributed by atoms with Crippen LogP contribution in [0.15, 0.2) is 53.4 Å². The highest BCUT2D eigenvalue weighted by Gasteiger charge is 2.29. The van der Waals surface area contributed by atoms with Gasteiger partial charge in [0.05, 0.1) is 23.2 Å². The first kappa shape index (κ1) is 22.3. The molecule has 1 heterocycles. The molecule has 0 aromatic heterocycles. The Morgan fingerprint density at radius 3 is 2.33 bits per heavy atom. The number of sulfonamides is 1. The first-order chi connectivity index (χ1) is 14.2. The molecule has 1 fully saturated rings. The van der Waals surface area contributed by atoms with Crippen LogP contribution in [0.25, 0.3) is 0 Å². The molecule has 30 heavy (non-hydrogen) atoms. The van der Waals surface area contributed by atoms with Gasteiger partial charge in [-0.2, -0.15) is 4.72 Å². The Hall–Kier alpha value is -2.40. The van der Waals surface area contributed by atoms with Gasteiger partial charge in [-0.25, -0.2) is 8.42 Å². The van der Waals surface area contributed by atoms with Gasteiger partial charge in [0, 0.05) is 10.7 Å². The molecular formula is C19H18ClN3O5S2. The Bertz CT molecular complexity index is 1060. The van der Waals surface area contributed by atoms with E-state index in [9.17, 15) is 22.8 Å². The van der Waals surface area contributed by atoms with Crippen molar-refractivity contribution in [2.45, 2.75) is 24.4 Å². The Balaban J connectivity index is 1.59. The maximum Gasteiger partial charge on any atom is 0.289 e. The fourth-order valence-corrected chi connectivity index (χ4v) is 4.68. The minimum Gasteiger partial charge on any atom is -0.325 e. The molecular weight excluding hydrogens is 450 g/mol. The molecule has 0 bridgehead atoms. The lowest BCUT2D eigenvalue weighted by Crippen LogP contribution is -2.41. The van der Waals surface area contributed by atoms with Crippen LogP contribution in [0.5, 0.6) is 0 Å². The van der Waals surface area contributed by atoms with Crippen LogP contribution in [-0.2, 0) is 26.2 Å². The molecule has 1 aliphatic rings. The highest BCUT2D eigenvalue weighted by atomic mass is 35.5. The monoisotopic (exact) mass is 467 g/mol. The first-order valence-corrected chi connectivity index (χ1v) is 11.7. The van der Waals surface area contributed by atoms with E-state index >= 15 is 0 Å². The Labute approximate surface area is 183 Å². The Kier molecular flexibility index (Phi) is 6.81. The number of hydrogen-bond donors (Lipinski definition) is 2. The standard InChI is InChI=1S/C19H18ClN3O5S2/c1-12(22-30(27,28)16-8-4-14(20)5-9-16)18(25)21-15-6-2-13(3-7-15)10-23-17(24)11-29-19(23)26/h2-9,12,22H,10-11H2,1H3,(H,21,25)/t12-/m0/s1. The van der Waals surface area contributed by atoms with E-state index < -0.39 is 22.0 Å². The van der Waals surface area contributed by atoms with Crippen LogP contribution in [0, 0.1) is 0 Å². The number of nitrogens with one attached hydrogen (secondary N) is 2. The number of carbonyl (C=O) groups excluding carboxylic acids is 3. The van der Waals surface area contributed by atoms with Gasteiger partial charge in [0.25, 0.3) is 5.24 Å². The third kappa shape index (κ3) is 5.39. The zero-order chi connectivity index (χ0) is 21.9. The van der Waals surface area contributed by atoms with Crippen LogP contribution >= 0.6 is 23.4 Å². The summed E-state index contributed by atoms with van der Waals surface area (Å²) in [6.07, 6.45) is 0. The summed E-state index contributed by atoms with van der Waals surface area (Å²) in [5, 5.41) is 2.75. The van der Waals surface area contributed by atoms with Crippen molar-refractivity contribution in [1.82, 2.24) is 9.62 Å². The van der Waals surface area contributed by atoms with Crippen molar-refractivity contribution in [3.8, 4) is 0 Å². The van der Waals surface area contributed by atoms with E-state index in [-0.39, 0.29) is 28.3 Å². The number of anilines is 1. The largest absolute Gasteiger partial charge is 0.325 e. The first-order valence-electron chi connectivity index (χ1n) is 8.80. The number of rotatable bonds is 7. The van der Waals surface area contributed by atoms with E-state index in [0.29, 0.717) is 10.7 Å². The zero-order valence-corrected chi connectivity index (χ0v) is 18.2. The molecule has 1 atom stereocenters. The number of halogens is 1. The molecule has 2 N–H and O–H groups in total. The number of carbonyl (C=O) groups is 3. The normalized spacial score (nSPS) is 15.3. The van der Waals surface area contributed by atoms with Crippen LogP contribution in [-0.4, -0.2) is 42.2 Å². The molecule has 158 valence electrons. The fourth-order valence-electron chi connectivity index (χ4n) is 2.63. The predicted molar refractivity (Wildman–Crippen MR) is 115 cm³/mol. The van der Waals surface area contributed by atoms with Crippen molar-refractivity contribution in [3.63, 3.8) is 0 Å². The van der Waals surface area contributed by atoms with Crippen LogP contribution in [0.3, 0.4) is 0 Å². The lowest BCUT2D eigenvalue weighted by atomic mass is 10.2. The van der Waals surface area contributed by atoms with E-state index in [1.807, 2.05) is 0 Å². The van der Waals surface area contributed by atoms with E-state index in [0.717, 1.165) is 17.3 Å². The molecule has 3 amide bonds. The van der Waals surface area contributed by atoms with Gasteiger partial charge < -0.3 is 5.32 Å². The number of thioether (sulfide) groups is 1. The summed E-state index contributed by atoms with van der Waals surface area (Å²) in [5.74, 6) is -0.623. The van der Waals surface area contributed by atoms with Gasteiger partial charge in [-0.05, 0) is 48.9 Å². The molecule has 0 spiro atoms. The van der Waals surface area contributed by atoms with Crippen molar-refractivity contribution < 1.29 is 22.8 Å². The van der Waals surface area contributed by atoms with Gasteiger partial charge in [0.2, 0.25) is 21.8 Å². The topological polar surface area (TPSA) is 113 Å². The minimum absolute atomic E-state index is 0.0000678. The quantitative estimate of drug-likeness (QED) is 0.647. The molecule has 0 radical (unpaired) electrons. The maximum atomic E-state index is 12.4. The third-order valence-corrected chi connectivity index (χ3v) is 6.92. The summed E-state index contributed by atoms with van der Waals surface area (Å²) >= 11 is 6.73. The van der Waals surface area contributed by atoms with E-state index in [1.165, 1.54) is 36.1 Å². The average molecular weight is 468 g/mol. The SMILES string of the molecule is C[C@H](NS(=O)(=O)c1ccc(Cl)cc1)C(=O)Nc1ccc(CN2C(=O)CSC2=O)cc1. The molecule has 1 saturated heterocycles. The Morgan fingerprint density at radius 2 is 1.77 bits per heavy atom. The van der Waals surface area contributed by atoms with Gasteiger partial charge in [-0.15, -0.1) is 0 Å². The Morgan fingerprint density at radius 1 is 1.13 bits per heavy atom. The summed E-state index contributed by atoms with van der Waals surface area (Å²) in [5.41, 5.74) is 1.18. The van der Waals surface area contributed by atoms with Gasteiger partial charge in [-0.1, -0.05) is 35.5 Å². The smallest absolute Gasteiger partial charge is 0.289 e. The van der Waals surface area contributed by atoms with Gasteiger partial charge in [0.15, 0.2) is 0 Å². The summed E-state index contributed by atoms with van der Waals surface area (Å²) < 4.78 is 27.1. The number of nitrogens with zero attached hydrogens (tertiary/aromatic N) is 1. The van der Waals surface area contributed by atoms with Crippen LogP contribution in [0.1, 0.15) is 12.5 Å². The fraction of sp³-hybridized carbons (Fsp3) is 0.211. The summed E-state index contributed by atoms with van der Waals surface area (Å²) in [4.78, 5) is 36.9. The molecule has 3 rings (SSSR count). The summed E-state index contributed by atoms with van der Waals surface area (Å²) in [7, 11) is -3.89. The van der Waals surface area contributed by atoms with Gasteiger partial charge >= 0.3 is 0 Å². The average Bonchev–Trinajstić information content (AvgIpc) is 3.01. The predicted octanol–water partition coefficient (Wildman–Crippen LogP) is 2.84. The van der Waals surface area contributed by atoms with Crippen molar-refractivity contribution in [1.29, 1.82) is 0 Å². The number of imide groups is 1. The van der Waals surface area contributed by atoms with Crippen molar-refractivity contribution >= 4 is 56.1 Å². The highest BCUT2D eigenvalue weighted by molar-refractivity contribution is 8.14. The highest BCUT2D eigenvalue weighted by Crippen LogP contribution is 2.22. The van der Waals surface area contributed by atoms with Crippen LogP contribution in [0.4, 0.5) is 10.5 Å². The lowest BCUT2D eigenvalue weighted by Gasteiger charge is -2.15. The summed E-state index contributed by atoms with van der Waals surface area (Å²) in [6, 6.07) is 11.2.